The molecule has 0 radical (unpaired) electrons. The van der Waals surface area contributed by atoms with Crippen molar-refractivity contribution in [2.24, 2.45) is 5.10 Å². The third-order valence-electron chi connectivity index (χ3n) is 6.53. The Labute approximate surface area is 222 Å². The van der Waals surface area contributed by atoms with Crippen molar-refractivity contribution in [2.45, 2.75) is 58.3 Å². The lowest BCUT2D eigenvalue weighted by molar-refractivity contribution is -0.145. The molecule has 38 heavy (non-hydrogen) atoms. The van der Waals surface area contributed by atoms with Crippen molar-refractivity contribution in [1.29, 1.82) is 0 Å². The molecule has 1 heterocycles. The van der Waals surface area contributed by atoms with Gasteiger partial charge in [-0.2, -0.15) is 9.78 Å². The zero-order valence-corrected chi connectivity index (χ0v) is 22.2. The number of nitrogens with zero attached hydrogens (tertiary/aromatic N) is 3. The lowest BCUT2D eigenvalue weighted by atomic mass is 9.88. The number of allylic oxidation sites excluding steroid dienone is 1. The summed E-state index contributed by atoms with van der Waals surface area (Å²) in [6, 6.07) is 11.1. The van der Waals surface area contributed by atoms with Gasteiger partial charge in [0.2, 0.25) is 0 Å². The van der Waals surface area contributed by atoms with Gasteiger partial charge in [0.05, 0.1) is 30.3 Å². The molecule has 200 valence electrons. The molecule has 2 aromatic carbocycles. The lowest BCUT2D eigenvalue weighted by Crippen LogP contribution is -2.25. The highest BCUT2D eigenvalue weighted by molar-refractivity contribution is 5.82. The molecule has 1 saturated carbocycles. The van der Waals surface area contributed by atoms with E-state index in [0.717, 1.165) is 36.8 Å². The summed E-state index contributed by atoms with van der Waals surface area (Å²) in [5.41, 5.74) is 2.02. The van der Waals surface area contributed by atoms with Crippen molar-refractivity contribution in [1.82, 2.24) is 9.66 Å². The van der Waals surface area contributed by atoms with Gasteiger partial charge in [0.1, 0.15) is 5.82 Å². The molecule has 0 aliphatic heterocycles. The molecular weight excluding hydrogens is 482 g/mol. The standard InChI is InChI=1S/C30H35N3O5/c1-4-12-23-17-21(18-26(36-5-2)28(23)38-20-27(34)37-6-3)19-31-33-29(22-13-8-7-9-14-22)32-25-16-11-10-15-24(25)30(33)35/h4,10-11,15-19,22H,1,5-9,12-14,20H2,2-3H3. The predicted octanol–water partition coefficient (Wildman–Crippen LogP) is 5.40. The van der Waals surface area contributed by atoms with Gasteiger partial charge in [0.25, 0.3) is 5.56 Å². The Morgan fingerprint density at radius 3 is 2.66 bits per heavy atom. The summed E-state index contributed by atoms with van der Waals surface area (Å²) in [7, 11) is 0. The maximum Gasteiger partial charge on any atom is 0.344 e. The normalized spacial score (nSPS) is 14.1. The van der Waals surface area contributed by atoms with Crippen LogP contribution in [0.2, 0.25) is 0 Å². The molecule has 0 atom stereocenters. The number of ether oxygens (including phenoxy) is 3. The van der Waals surface area contributed by atoms with Crippen LogP contribution in [0.1, 0.15) is 68.8 Å². The molecule has 1 aliphatic carbocycles. The summed E-state index contributed by atoms with van der Waals surface area (Å²) in [6.07, 6.45) is 9.31. The van der Waals surface area contributed by atoms with Crippen molar-refractivity contribution in [3.8, 4) is 11.5 Å². The number of carbonyl (C=O) groups is 1. The van der Waals surface area contributed by atoms with Crippen molar-refractivity contribution >= 4 is 23.1 Å². The fourth-order valence-electron chi connectivity index (χ4n) is 4.83. The van der Waals surface area contributed by atoms with Gasteiger partial charge in [0, 0.05) is 11.5 Å². The summed E-state index contributed by atoms with van der Waals surface area (Å²) in [6.45, 7) is 7.93. The van der Waals surface area contributed by atoms with Gasteiger partial charge in [-0.3, -0.25) is 4.79 Å². The molecular formula is C30H35N3O5. The van der Waals surface area contributed by atoms with Crippen LogP contribution < -0.4 is 15.0 Å². The van der Waals surface area contributed by atoms with E-state index in [1.807, 2.05) is 31.2 Å². The number of hydrogen-bond acceptors (Lipinski definition) is 7. The zero-order valence-electron chi connectivity index (χ0n) is 22.2. The molecule has 0 amide bonds. The Hall–Kier alpha value is -3.94. The van der Waals surface area contributed by atoms with Crippen LogP contribution in [0, 0.1) is 0 Å². The van der Waals surface area contributed by atoms with Gasteiger partial charge in [-0.1, -0.05) is 37.5 Å². The molecule has 0 spiro atoms. The Kier molecular flexibility index (Phi) is 9.30. The second-order valence-corrected chi connectivity index (χ2v) is 9.21. The van der Waals surface area contributed by atoms with Crippen LogP contribution in [0.3, 0.4) is 0 Å². The largest absolute Gasteiger partial charge is 0.490 e. The number of aromatic nitrogens is 2. The zero-order chi connectivity index (χ0) is 26.9. The van der Waals surface area contributed by atoms with Crippen molar-refractivity contribution in [3.05, 3.63) is 76.4 Å². The number of hydrogen-bond donors (Lipinski definition) is 0. The summed E-state index contributed by atoms with van der Waals surface area (Å²) in [5.74, 6) is 1.38. The van der Waals surface area contributed by atoms with Gasteiger partial charge in [-0.25, -0.2) is 9.78 Å². The van der Waals surface area contributed by atoms with Gasteiger partial charge < -0.3 is 14.2 Å². The van der Waals surface area contributed by atoms with E-state index in [2.05, 4.69) is 11.7 Å². The van der Waals surface area contributed by atoms with Crippen molar-refractivity contribution < 1.29 is 19.0 Å². The molecule has 8 nitrogen and oxygen atoms in total. The van der Waals surface area contributed by atoms with Crippen LogP contribution in [0.4, 0.5) is 0 Å². The summed E-state index contributed by atoms with van der Waals surface area (Å²) < 4.78 is 18.1. The van der Waals surface area contributed by atoms with Crippen LogP contribution in [0.25, 0.3) is 10.9 Å². The highest BCUT2D eigenvalue weighted by Gasteiger charge is 2.22. The number of para-hydroxylation sites is 1. The smallest absolute Gasteiger partial charge is 0.344 e. The molecule has 1 aromatic heterocycles. The van der Waals surface area contributed by atoms with Gasteiger partial charge >= 0.3 is 5.97 Å². The van der Waals surface area contributed by atoms with E-state index in [-0.39, 0.29) is 24.7 Å². The second-order valence-electron chi connectivity index (χ2n) is 9.21. The highest BCUT2D eigenvalue weighted by atomic mass is 16.6. The molecule has 0 N–H and O–H groups in total. The first-order valence-electron chi connectivity index (χ1n) is 13.3. The molecule has 0 unspecified atom stereocenters. The molecule has 4 rings (SSSR count). The van der Waals surface area contributed by atoms with Gasteiger partial charge in [-0.05, 0) is 62.9 Å². The molecule has 3 aromatic rings. The second kappa shape index (κ2) is 13.0. The van der Waals surface area contributed by atoms with Crippen LogP contribution in [0.15, 0.2) is 58.9 Å². The van der Waals surface area contributed by atoms with E-state index in [1.165, 1.54) is 11.1 Å². The third-order valence-corrected chi connectivity index (χ3v) is 6.53. The van der Waals surface area contributed by atoms with Crippen LogP contribution in [-0.2, 0) is 16.0 Å². The van der Waals surface area contributed by atoms with Crippen molar-refractivity contribution in [3.63, 3.8) is 0 Å². The summed E-state index contributed by atoms with van der Waals surface area (Å²) in [5, 5.41) is 5.19. The van der Waals surface area contributed by atoms with E-state index in [4.69, 9.17) is 19.2 Å². The Morgan fingerprint density at radius 2 is 1.92 bits per heavy atom. The van der Waals surface area contributed by atoms with Gasteiger partial charge in [0.15, 0.2) is 18.1 Å². The average Bonchev–Trinajstić information content (AvgIpc) is 2.93. The quantitative estimate of drug-likeness (QED) is 0.192. The Morgan fingerprint density at radius 1 is 1.13 bits per heavy atom. The number of esters is 1. The van der Waals surface area contributed by atoms with Crippen LogP contribution in [-0.4, -0.2) is 41.7 Å². The monoisotopic (exact) mass is 517 g/mol. The van der Waals surface area contributed by atoms with Crippen LogP contribution >= 0.6 is 0 Å². The van der Waals surface area contributed by atoms with E-state index < -0.39 is 5.97 Å². The SMILES string of the molecule is C=CCc1cc(C=Nn2c(C3CCCCC3)nc3ccccc3c2=O)cc(OCC)c1OCC(=O)OCC. The Balaban J connectivity index is 1.76. The number of fused-ring (bicyclic) bond motifs is 1. The van der Waals surface area contributed by atoms with Crippen LogP contribution in [0.5, 0.6) is 11.5 Å². The first kappa shape index (κ1) is 27.1. The fourth-order valence-corrected chi connectivity index (χ4v) is 4.83. The predicted molar refractivity (Wildman–Crippen MR) is 148 cm³/mol. The first-order valence-corrected chi connectivity index (χ1v) is 13.3. The topological polar surface area (TPSA) is 92.0 Å². The third kappa shape index (κ3) is 6.30. The molecule has 8 heteroatoms. The minimum atomic E-state index is -0.455. The summed E-state index contributed by atoms with van der Waals surface area (Å²) in [4.78, 5) is 30.3. The lowest BCUT2D eigenvalue weighted by Gasteiger charge is -2.22. The number of carbonyl (C=O) groups excluding carboxylic acids is 1. The van der Waals surface area contributed by atoms with E-state index >= 15 is 0 Å². The minimum Gasteiger partial charge on any atom is -0.490 e. The molecule has 1 fully saturated rings. The molecule has 0 saturated heterocycles. The molecule has 1 aliphatic rings. The maximum absolute atomic E-state index is 13.5. The van der Waals surface area contributed by atoms with E-state index in [0.29, 0.717) is 41.3 Å². The maximum atomic E-state index is 13.5. The number of benzene rings is 2. The van der Waals surface area contributed by atoms with Crippen molar-refractivity contribution in [2.75, 3.05) is 19.8 Å². The average molecular weight is 518 g/mol. The molecule has 0 bridgehead atoms. The first-order chi connectivity index (χ1) is 18.5. The van der Waals surface area contributed by atoms with E-state index in [1.54, 1.807) is 31.3 Å². The summed E-state index contributed by atoms with van der Waals surface area (Å²) >= 11 is 0. The number of rotatable bonds is 11. The fraction of sp³-hybridized carbons (Fsp3) is 0.400. The van der Waals surface area contributed by atoms with E-state index in [9.17, 15) is 9.59 Å². The minimum absolute atomic E-state index is 0.182. The Bertz CT molecular complexity index is 1370. The highest BCUT2D eigenvalue weighted by Crippen LogP contribution is 2.34. The van der Waals surface area contributed by atoms with Gasteiger partial charge in [-0.15, -0.1) is 6.58 Å².